The molecule has 0 unspecified atom stereocenters. The van der Waals surface area contributed by atoms with Gasteiger partial charge in [-0.15, -0.1) is 0 Å². The Morgan fingerprint density at radius 1 is 1.30 bits per heavy atom. The van der Waals surface area contributed by atoms with Gasteiger partial charge in [0, 0.05) is 23.0 Å². The SMILES string of the molecule is O=[N+]([O-])c1cccnc1SSCCN=NNc1ccc(Cl)cc1. The summed E-state index contributed by atoms with van der Waals surface area (Å²) in [5.74, 6) is 0.657. The highest BCUT2D eigenvalue weighted by Crippen LogP contribution is 2.35. The molecule has 0 saturated heterocycles. The van der Waals surface area contributed by atoms with E-state index >= 15 is 0 Å². The van der Waals surface area contributed by atoms with Gasteiger partial charge in [-0.2, -0.15) is 5.11 Å². The van der Waals surface area contributed by atoms with Crippen LogP contribution in [0.5, 0.6) is 0 Å². The number of nitro groups is 1. The van der Waals surface area contributed by atoms with Gasteiger partial charge in [0.2, 0.25) is 0 Å². The zero-order chi connectivity index (χ0) is 16.5. The lowest BCUT2D eigenvalue weighted by molar-refractivity contribution is -0.388. The monoisotopic (exact) mass is 369 g/mol. The third-order valence-corrected chi connectivity index (χ3v) is 4.97. The van der Waals surface area contributed by atoms with Crippen molar-refractivity contribution in [2.75, 3.05) is 17.7 Å². The van der Waals surface area contributed by atoms with E-state index in [4.69, 9.17) is 11.6 Å². The molecule has 0 aliphatic rings. The maximum Gasteiger partial charge on any atom is 0.302 e. The number of benzene rings is 1. The third-order valence-electron chi connectivity index (χ3n) is 2.45. The Kier molecular flexibility index (Phi) is 7.11. The number of anilines is 1. The summed E-state index contributed by atoms with van der Waals surface area (Å²) < 4.78 is 0. The highest BCUT2D eigenvalue weighted by molar-refractivity contribution is 8.76. The van der Waals surface area contributed by atoms with Crippen molar-refractivity contribution < 1.29 is 4.92 Å². The van der Waals surface area contributed by atoms with E-state index < -0.39 is 4.92 Å². The standard InChI is InChI=1S/C13H12ClN5O2S2/c14-10-3-5-11(6-4-10)17-18-16-8-9-22-23-13-12(19(20)21)2-1-7-15-13/h1-7H,8-9H2,(H,16,17). The van der Waals surface area contributed by atoms with Crippen molar-refractivity contribution in [2.24, 2.45) is 10.3 Å². The molecule has 2 rings (SSSR count). The zero-order valence-electron chi connectivity index (χ0n) is 11.8. The molecule has 1 heterocycles. The van der Waals surface area contributed by atoms with Gasteiger partial charge in [0.1, 0.15) is 0 Å². The predicted molar refractivity (Wildman–Crippen MR) is 94.0 cm³/mol. The molecule has 2 aromatic rings. The maximum absolute atomic E-state index is 10.8. The molecule has 120 valence electrons. The number of pyridine rings is 1. The van der Waals surface area contributed by atoms with Gasteiger partial charge in [-0.3, -0.25) is 15.5 Å². The topological polar surface area (TPSA) is 92.8 Å². The maximum atomic E-state index is 10.8. The molecule has 0 aliphatic heterocycles. The molecule has 0 amide bonds. The van der Waals surface area contributed by atoms with E-state index in [0.29, 0.717) is 22.3 Å². The molecule has 1 aromatic heterocycles. The van der Waals surface area contributed by atoms with Crippen LogP contribution >= 0.6 is 33.2 Å². The fourth-order valence-corrected chi connectivity index (χ4v) is 3.43. The quantitative estimate of drug-likeness (QED) is 0.235. The molecule has 0 spiro atoms. The highest BCUT2D eigenvalue weighted by atomic mass is 35.5. The van der Waals surface area contributed by atoms with Crippen molar-refractivity contribution in [2.45, 2.75) is 5.03 Å². The summed E-state index contributed by atoms with van der Waals surface area (Å²) in [4.78, 5) is 14.4. The van der Waals surface area contributed by atoms with Gasteiger partial charge < -0.3 is 0 Å². The lowest BCUT2D eigenvalue weighted by Crippen LogP contribution is -1.92. The summed E-state index contributed by atoms with van der Waals surface area (Å²) in [5.41, 5.74) is 3.59. The van der Waals surface area contributed by atoms with Crippen molar-refractivity contribution in [3.05, 3.63) is 57.7 Å². The van der Waals surface area contributed by atoms with Crippen molar-refractivity contribution in [1.82, 2.24) is 4.98 Å². The van der Waals surface area contributed by atoms with E-state index in [1.54, 1.807) is 30.3 Å². The largest absolute Gasteiger partial charge is 0.302 e. The smallest absolute Gasteiger partial charge is 0.260 e. The second kappa shape index (κ2) is 9.33. The van der Waals surface area contributed by atoms with Crippen molar-refractivity contribution >= 4 is 44.6 Å². The average molecular weight is 370 g/mol. The Morgan fingerprint density at radius 2 is 2.09 bits per heavy atom. The summed E-state index contributed by atoms with van der Waals surface area (Å²) in [5, 5.41) is 19.7. The molecular formula is C13H12ClN5O2S2. The Bertz CT molecular complexity index is 684. The zero-order valence-corrected chi connectivity index (χ0v) is 14.1. The van der Waals surface area contributed by atoms with Crippen LogP contribution in [0.2, 0.25) is 5.02 Å². The second-order valence-electron chi connectivity index (χ2n) is 4.07. The van der Waals surface area contributed by atoms with Gasteiger partial charge in [-0.25, -0.2) is 4.98 Å². The minimum absolute atomic E-state index is 0.0102. The van der Waals surface area contributed by atoms with Crippen molar-refractivity contribution in [3.8, 4) is 0 Å². The van der Waals surface area contributed by atoms with E-state index in [1.165, 1.54) is 33.9 Å². The number of nitrogens with one attached hydrogen (secondary N) is 1. The van der Waals surface area contributed by atoms with E-state index in [1.807, 2.05) is 0 Å². The van der Waals surface area contributed by atoms with Crippen LogP contribution in [0.4, 0.5) is 11.4 Å². The molecule has 7 nitrogen and oxygen atoms in total. The Hall–Kier alpha value is -1.84. The van der Waals surface area contributed by atoms with Gasteiger partial charge in [-0.1, -0.05) is 27.6 Å². The van der Waals surface area contributed by atoms with E-state index in [0.717, 1.165) is 5.69 Å². The fourth-order valence-electron chi connectivity index (χ4n) is 1.43. The van der Waals surface area contributed by atoms with Gasteiger partial charge >= 0.3 is 5.69 Å². The fraction of sp³-hybridized carbons (Fsp3) is 0.154. The second-order valence-corrected chi connectivity index (χ2v) is 6.91. The number of hydrogen-bond acceptors (Lipinski definition) is 7. The molecule has 1 N–H and O–H groups in total. The molecule has 0 fully saturated rings. The minimum Gasteiger partial charge on any atom is -0.260 e. The number of hydrogen-bond donors (Lipinski definition) is 1. The van der Waals surface area contributed by atoms with Crippen LogP contribution in [-0.2, 0) is 0 Å². The van der Waals surface area contributed by atoms with E-state index in [2.05, 4.69) is 20.7 Å². The first-order valence-corrected chi connectivity index (χ1v) is 9.13. The molecular weight excluding hydrogens is 358 g/mol. The molecule has 0 atom stereocenters. The summed E-state index contributed by atoms with van der Waals surface area (Å²) in [6.45, 7) is 0.485. The van der Waals surface area contributed by atoms with E-state index in [9.17, 15) is 10.1 Å². The Balaban J connectivity index is 1.69. The van der Waals surface area contributed by atoms with Crippen molar-refractivity contribution in [3.63, 3.8) is 0 Å². The van der Waals surface area contributed by atoms with Crippen LogP contribution in [0.3, 0.4) is 0 Å². The van der Waals surface area contributed by atoms with Crippen LogP contribution < -0.4 is 5.43 Å². The van der Waals surface area contributed by atoms with Crippen LogP contribution in [-0.4, -0.2) is 22.2 Å². The van der Waals surface area contributed by atoms with Crippen molar-refractivity contribution in [1.29, 1.82) is 0 Å². The summed E-state index contributed by atoms with van der Waals surface area (Å²) in [7, 11) is 2.70. The number of halogens is 1. The van der Waals surface area contributed by atoms with Crippen LogP contribution in [0.15, 0.2) is 58.0 Å². The number of nitrogens with zero attached hydrogens (tertiary/aromatic N) is 4. The minimum atomic E-state index is -0.439. The number of aromatic nitrogens is 1. The first-order chi connectivity index (χ1) is 11.2. The lowest BCUT2D eigenvalue weighted by Gasteiger charge is -2.00. The third kappa shape index (κ3) is 6.05. The molecule has 1 aromatic carbocycles. The van der Waals surface area contributed by atoms with Crippen LogP contribution in [0, 0.1) is 10.1 Å². The average Bonchev–Trinajstić information content (AvgIpc) is 2.56. The van der Waals surface area contributed by atoms with Gasteiger partial charge in [0.25, 0.3) is 0 Å². The summed E-state index contributed by atoms with van der Waals surface area (Å²) >= 11 is 5.78. The number of rotatable bonds is 8. The van der Waals surface area contributed by atoms with Crippen LogP contribution in [0.25, 0.3) is 0 Å². The van der Waals surface area contributed by atoms with E-state index in [-0.39, 0.29) is 5.69 Å². The summed E-state index contributed by atoms with van der Waals surface area (Å²) in [6, 6.07) is 10.1. The molecule has 0 saturated carbocycles. The molecule has 23 heavy (non-hydrogen) atoms. The normalized spacial score (nSPS) is 10.8. The molecule has 0 radical (unpaired) electrons. The first kappa shape index (κ1) is 17.5. The Morgan fingerprint density at radius 3 is 2.83 bits per heavy atom. The molecule has 0 aliphatic carbocycles. The van der Waals surface area contributed by atoms with Crippen LogP contribution in [0.1, 0.15) is 0 Å². The first-order valence-electron chi connectivity index (χ1n) is 6.44. The molecule has 10 heteroatoms. The van der Waals surface area contributed by atoms with Gasteiger partial charge in [-0.05, 0) is 41.1 Å². The molecule has 0 bridgehead atoms. The summed E-state index contributed by atoms with van der Waals surface area (Å²) in [6.07, 6.45) is 1.53. The predicted octanol–water partition coefficient (Wildman–Crippen LogP) is 4.86. The van der Waals surface area contributed by atoms with Gasteiger partial charge in [0.15, 0.2) is 5.03 Å². The van der Waals surface area contributed by atoms with Gasteiger partial charge in [0.05, 0.1) is 17.2 Å². The highest BCUT2D eigenvalue weighted by Gasteiger charge is 2.14. The lowest BCUT2D eigenvalue weighted by atomic mass is 10.3. The Labute approximate surface area is 145 Å².